The van der Waals surface area contributed by atoms with Crippen molar-refractivity contribution in [2.75, 3.05) is 0 Å². The number of hydrogen-bond acceptors (Lipinski definition) is 3. The average molecular weight is 182 g/mol. The van der Waals surface area contributed by atoms with Crippen molar-refractivity contribution in [3.8, 4) is 0 Å². The van der Waals surface area contributed by atoms with E-state index in [2.05, 4.69) is 10.3 Å². The SMILES string of the molecule is Fc1ncc(C2CC3CCC2N3)o1. The lowest BCUT2D eigenvalue weighted by atomic mass is 9.88. The molecule has 0 saturated carbocycles. The van der Waals surface area contributed by atoms with Gasteiger partial charge >= 0.3 is 6.14 Å². The van der Waals surface area contributed by atoms with Crippen LogP contribution in [0.1, 0.15) is 30.9 Å². The fourth-order valence-electron chi connectivity index (χ4n) is 2.57. The molecule has 0 spiro atoms. The molecule has 0 aliphatic carbocycles. The first kappa shape index (κ1) is 7.50. The topological polar surface area (TPSA) is 38.1 Å². The third-order valence-corrected chi connectivity index (χ3v) is 3.16. The van der Waals surface area contributed by atoms with Crippen molar-refractivity contribution in [2.24, 2.45) is 0 Å². The molecule has 0 amide bonds. The molecule has 3 heterocycles. The number of hydrogen-bond donors (Lipinski definition) is 1. The first-order valence-electron chi connectivity index (χ1n) is 4.70. The van der Waals surface area contributed by atoms with Crippen molar-refractivity contribution in [1.82, 2.24) is 10.3 Å². The first-order valence-corrected chi connectivity index (χ1v) is 4.70. The maximum atomic E-state index is 12.5. The molecule has 1 aromatic heterocycles. The van der Waals surface area contributed by atoms with Crippen molar-refractivity contribution in [1.29, 1.82) is 0 Å². The van der Waals surface area contributed by atoms with Crippen LogP contribution in [0.25, 0.3) is 0 Å². The van der Waals surface area contributed by atoms with Crippen LogP contribution < -0.4 is 5.32 Å². The molecule has 0 aromatic carbocycles. The van der Waals surface area contributed by atoms with Crippen LogP contribution in [0.4, 0.5) is 4.39 Å². The minimum Gasteiger partial charge on any atom is -0.420 e. The minimum absolute atomic E-state index is 0.343. The summed E-state index contributed by atoms with van der Waals surface area (Å²) in [7, 11) is 0. The van der Waals surface area contributed by atoms with Crippen LogP contribution in [0.15, 0.2) is 10.6 Å². The Kier molecular flexibility index (Phi) is 1.47. The van der Waals surface area contributed by atoms with Gasteiger partial charge in [0.1, 0.15) is 5.76 Å². The number of nitrogens with one attached hydrogen (secondary N) is 1. The Balaban J connectivity index is 1.87. The quantitative estimate of drug-likeness (QED) is 0.713. The highest BCUT2D eigenvalue weighted by molar-refractivity contribution is 5.12. The Morgan fingerprint density at radius 2 is 2.46 bits per heavy atom. The Hall–Kier alpha value is -0.900. The zero-order valence-electron chi connectivity index (χ0n) is 7.16. The standard InChI is InChI=1S/C9H11FN2O/c10-9-11-4-8(13-9)6-3-5-1-2-7(6)12-5/h4-7,12H,1-3H2. The summed E-state index contributed by atoms with van der Waals surface area (Å²) in [6.45, 7) is 0. The van der Waals surface area contributed by atoms with E-state index in [9.17, 15) is 4.39 Å². The van der Waals surface area contributed by atoms with E-state index in [1.54, 1.807) is 0 Å². The first-order chi connectivity index (χ1) is 6.33. The molecule has 2 bridgehead atoms. The van der Waals surface area contributed by atoms with Gasteiger partial charge in [0.25, 0.3) is 0 Å². The molecule has 2 aliphatic heterocycles. The van der Waals surface area contributed by atoms with Gasteiger partial charge in [0.2, 0.25) is 0 Å². The van der Waals surface area contributed by atoms with E-state index in [0.717, 1.165) is 6.42 Å². The Morgan fingerprint density at radius 1 is 1.54 bits per heavy atom. The molecular formula is C9H11FN2O. The van der Waals surface area contributed by atoms with Gasteiger partial charge in [-0.2, -0.15) is 4.98 Å². The van der Waals surface area contributed by atoms with Crippen LogP contribution >= 0.6 is 0 Å². The normalized spacial score (nSPS) is 37.2. The molecule has 1 N–H and O–H groups in total. The van der Waals surface area contributed by atoms with Crippen molar-refractivity contribution >= 4 is 0 Å². The molecule has 2 fully saturated rings. The lowest BCUT2D eigenvalue weighted by molar-refractivity contribution is 0.296. The molecule has 70 valence electrons. The van der Waals surface area contributed by atoms with E-state index in [4.69, 9.17) is 4.42 Å². The Bertz CT molecular complexity index is 325. The summed E-state index contributed by atoms with van der Waals surface area (Å²) in [5.74, 6) is 1.05. The molecule has 3 rings (SSSR count). The summed E-state index contributed by atoms with van der Waals surface area (Å²) >= 11 is 0. The van der Waals surface area contributed by atoms with Crippen LogP contribution in [0, 0.1) is 6.14 Å². The molecule has 3 nitrogen and oxygen atoms in total. The molecule has 0 radical (unpaired) electrons. The summed E-state index contributed by atoms with van der Waals surface area (Å²) in [6, 6.07) is 1.10. The minimum atomic E-state index is -0.710. The zero-order chi connectivity index (χ0) is 8.84. The maximum Gasteiger partial charge on any atom is 0.381 e. The third kappa shape index (κ3) is 1.09. The van der Waals surface area contributed by atoms with Gasteiger partial charge in [-0.05, 0) is 19.3 Å². The van der Waals surface area contributed by atoms with Gasteiger partial charge in [0, 0.05) is 18.0 Å². The maximum absolute atomic E-state index is 12.5. The van der Waals surface area contributed by atoms with E-state index in [-0.39, 0.29) is 0 Å². The molecule has 3 atom stereocenters. The van der Waals surface area contributed by atoms with Crippen molar-refractivity contribution in [3.05, 3.63) is 18.1 Å². The lowest BCUT2D eigenvalue weighted by Crippen LogP contribution is -2.21. The van der Waals surface area contributed by atoms with E-state index >= 15 is 0 Å². The van der Waals surface area contributed by atoms with Crippen LogP contribution in [0.3, 0.4) is 0 Å². The average Bonchev–Trinajstić information content (AvgIpc) is 2.77. The summed E-state index contributed by atoms with van der Waals surface area (Å²) in [5.41, 5.74) is 0. The van der Waals surface area contributed by atoms with Gasteiger partial charge in [-0.1, -0.05) is 0 Å². The molecular weight excluding hydrogens is 171 g/mol. The number of oxazole rings is 1. The van der Waals surface area contributed by atoms with Crippen LogP contribution in [-0.2, 0) is 0 Å². The third-order valence-electron chi connectivity index (χ3n) is 3.16. The second-order valence-corrected chi connectivity index (χ2v) is 3.91. The van der Waals surface area contributed by atoms with Crippen molar-refractivity contribution < 1.29 is 8.81 Å². The van der Waals surface area contributed by atoms with Crippen molar-refractivity contribution in [2.45, 2.75) is 37.3 Å². The largest absolute Gasteiger partial charge is 0.420 e. The van der Waals surface area contributed by atoms with Gasteiger partial charge in [0.15, 0.2) is 0 Å². The molecule has 13 heavy (non-hydrogen) atoms. The van der Waals surface area contributed by atoms with E-state index in [1.165, 1.54) is 19.0 Å². The summed E-state index contributed by atoms with van der Waals surface area (Å²) in [6.07, 6.45) is 4.30. The summed E-state index contributed by atoms with van der Waals surface area (Å²) < 4.78 is 17.4. The number of halogens is 1. The number of nitrogens with zero attached hydrogens (tertiary/aromatic N) is 1. The highest BCUT2D eigenvalue weighted by Gasteiger charge is 2.41. The molecule has 3 unspecified atom stereocenters. The Labute approximate surface area is 75.3 Å². The van der Waals surface area contributed by atoms with Gasteiger partial charge in [-0.3, -0.25) is 0 Å². The molecule has 2 aliphatic rings. The van der Waals surface area contributed by atoms with Gasteiger partial charge in [-0.25, -0.2) is 0 Å². The number of fused-ring (bicyclic) bond motifs is 2. The van der Waals surface area contributed by atoms with E-state index in [1.807, 2.05) is 0 Å². The number of aromatic nitrogens is 1. The smallest absolute Gasteiger partial charge is 0.381 e. The highest BCUT2D eigenvalue weighted by atomic mass is 19.1. The zero-order valence-corrected chi connectivity index (χ0v) is 7.16. The van der Waals surface area contributed by atoms with Crippen LogP contribution in [-0.4, -0.2) is 17.1 Å². The molecule has 1 aromatic rings. The fraction of sp³-hybridized carbons (Fsp3) is 0.667. The second kappa shape index (κ2) is 2.54. The second-order valence-electron chi connectivity index (χ2n) is 3.91. The molecule has 4 heteroatoms. The lowest BCUT2D eigenvalue weighted by Gasteiger charge is -2.16. The summed E-state index contributed by atoms with van der Waals surface area (Å²) in [4.78, 5) is 3.48. The predicted molar refractivity (Wildman–Crippen MR) is 43.8 cm³/mol. The predicted octanol–water partition coefficient (Wildman–Crippen LogP) is 1.42. The molecule has 2 saturated heterocycles. The monoisotopic (exact) mass is 182 g/mol. The van der Waals surface area contributed by atoms with Gasteiger partial charge < -0.3 is 9.73 Å². The van der Waals surface area contributed by atoms with Crippen LogP contribution in [0.5, 0.6) is 0 Å². The number of rotatable bonds is 1. The van der Waals surface area contributed by atoms with Crippen molar-refractivity contribution in [3.63, 3.8) is 0 Å². The summed E-state index contributed by atoms with van der Waals surface area (Å²) in [5, 5.41) is 3.48. The van der Waals surface area contributed by atoms with E-state index < -0.39 is 6.14 Å². The Morgan fingerprint density at radius 3 is 3.00 bits per heavy atom. The fourth-order valence-corrected chi connectivity index (χ4v) is 2.57. The van der Waals surface area contributed by atoms with Gasteiger partial charge in [-0.15, -0.1) is 4.39 Å². The van der Waals surface area contributed by atoms with E-state index in [0.29, 0.717) is 23.8 Å². The van der Waals surface area contributed by atoms with Gasteiger partial charge in [0.05, 0.1) is 6.20 Å². The van der Waals surface area contributed by atoms with Crippen LogP contribution in [0.2, 0.25) is 0 Å². The highest BCUT2D eigenvalue weighted by Crippen LogP contribution is 2.39.